The summed E-state index contributed by atoms with van der Waals surface area (Å²) < 4.78 is 24.0. The van der Waals surface area contributed by atoms with Crippen LogP contribution in [-0.4, -0.2) is 29.4 Å². The van der Waals surface area contributed by atoms with Crippen LogP contribution in [0, 0.1) is 5.82 Å². The third-order valence-corrected chi connectivity index (χ3v) is 3.42. The van der Waals surface area contributed by atoms with Crippen molar-refractivity contribution in [1.82, 2.24) is 10.2 Å². The Labute approximate surface area is 132 Å². The maximum Gasteiger partial charge on any atom is 0.325 e. The zero-order valence-corrected chi connectivity index (χ0v) is 12.6. The molecule has 3 rings (SSSR count). The van der Waals surface area contributed by atoms with E-state index in [1.165, 1.54) is 18.2 Å². The van der Waals surface area contributed by atoms with Crippen LogP contribution in [0.5, 0.6) is 5.75 Å². The number of amides is 2. The Morgan fingerprint density at radius 2 is 2.35 bits per heavy atom. The van der Waals surface area contributed by atoms with Gasteiger partial charge in [0.1, 0.15) is 11.6 Å². The van der Waals surface area contributed by atoms with Gasteiger partial charge in [-0.15, -0.1) is 0 Å². The lowest BCUT2D eigenvalue weighted by molar-refractivity contribution is 0.110. The Hall–Kier alpha value is -2.61. The highest BCUT2D eigenvalue weighted by Gasteiger charge is 2.19. The van der Waals surface area contributed by atoms with Gasteiger partial charge in [0.25, 0.3) is 0 Å². The average molecular weight is 320 g/mol. The number of urea groups is 1. The molecule has 0 atom stereocenters. The van der Waals surface area contributed by atoms with E-state index in [0.717, 1.165) is 17.7 Å². The van der Waals surface area contributed by atoms with Crippen LogP contribution in [0.1, 0.15) is 18.2 Å². The first-order valence-electron chi connectivity index (χ1n) is 7.31. The van der Waals surface area contributed by atoms with Gasteiger partial charge in [-0.2, -0.15) is 5.10 Å². The highest BCUT2D eigenvalue weighted by atomic mass is 19.1. The third-order valence-electron chi connectivity index (χ3n) is 3.42. The van der Waals surface area contributed by atoms with Gasteiger partial charge in [-0.1, -0.05) is 0 Å². The summed E-state index contributed by atoms with van der Waals surface area (Å²) in [6, 6.07) is 3.44. The minimum atomic E-state index is -0.488. The van der Waals surface area contributed by atoms with Crippen molar-refractivity contribution < 1.29 is 18.7 Å². The standard InChI is InChI=1S/C15H17FN4O3/c1-2-23-13-7-9(16)3-4-12(13)17-15(21)18-14-10-8-22-6-5-11(10)19-20-14/h3-4,7H,2,5-6,8H2,1H3,(H3,17,18,19,20,21). The lowest BCUT2D eigenvalue weighted by Crippen LogP contribution is -2.21. The SMILES string of the molecule is CCOc1cc(F)ccc1NC(=O)Nc1n[nH]c2c1COCC2. The maximum atomic E-state index is 13.3. The van der Waals surface area contributed by atoms with Crippen LogP contribution in [0.25, 0.3) is 0 Å². The molecule has 0 saturated heterocycles. The molecule has 2 amide bonds. The molecule has 1 aliphatic heterocycles. The van der Waals surface area contributed by atoms with Crippen molar-refractivity contribution in [2.24, 2.45) is 0 Å². The molecule has 0 unspecified atom stereocenters. The summed E-state index contributed by atoms with van der Waals surface area (Å²) in [6.45, 7) is 3.19. The molecule has 1 aromatic heterocycles. The van der Waals surface area contributed by atoms with Gasteiger partial charge in [-0.05, 0) is 19.1 Å². The first-order chi connectivity index (χ1) is 11.2. The molecule has 0 saturated carbocycles. The van der Waals surface area contributed by atoms with E-state index in [1.807, 2.05) is 0 Å². The van der Waals surface area contributed by atoms with E-state index >= 15 is 0 Å². The number of hydrogen-bond acceptors (Lipinski definition) is 4. The Bertz CT molecular complexity index is 717. The van der Waals surface area contributed by atoms with Crippen LogP contribution >= 0.6 is 0 Å². The number of H-pyrrole nitrogens is 1. The van der Waals surface area contributed by atoms with E-state index in [9.17, 15) is 9.18 Å². The average Bonchev–Trinajstić information content (AvgIpc) is 2.93. The van der Waals surface area contributed by atoms with E-state index in [0.29, 0.717) is 31.3 Å². The number of carbonyl (C=O) groups is 1. The molecular formula is C15H17FN4O3. The molecule has 0 spiro atoms. The Morgan fingerprint density at radius 1 is 1.48 bits per heavy atom. The number of rotatable bonds is 4. The number of nitrogens with one attached hydrogen (secondary N) is 3. The lowest BCUT2D eigenvalue weighted by Gasteiger charge is -2.14. The summed E-state index contributed by atoms with van der Waals surface area (Å²) in [5.74, 6) is 0.269. The Balaban J connectivity index is 1.71. The third kappa shape index (κ3) is 3.42. The Morgan fingerprint density at radius 3 is 3.17 bits per heavy atom. The molecule has 3 N–H and O–H groups in total. The van der Waals surface area contributed by atoms with E-state index in [1.54, 1.807) is 6.92 Å². The molecule has 0 aliphatic carbocycles. The smallest absolute Gasteiger partial charge is 0.325 e. The van der Waals surface area contributed by atoms with Gasteiger partial charge in [0, 0.05) is 23.7 Å². The van der Waals surface area contributed by atoms with Crippen molar-refractivity contribution in [2.45, 2.75) is 20.0 Å². The molecule has 0 fully saturated rings. The maximum absolute atomic E-state index is 13.3. The predicted octanol–water partition coefficient (Wildman–Crippen LogP) is 2.66. The summed E-state index contributed by atoms with van der Waals surface area (Å²) in [4.78, 5) is 12.1. The topological polar surface area (TPSA) is 88.3 Å². The molecule has 2 heterocycles. The van der Waals surface area contributed by atoms with Crippen molar-refractivity contribution in [3.8, 4) is 5.75 Å². The molecule has 2 aromatic rings. The zero-order valence-electron chi connectivity index (χ0n) is 12.6. The fourth-order valence-electron chi connectivity index (χ4n) is 2.35. The number of fused-ring (bicyclic) bond motifs is 1. The summed E-state index contributed by atoms with van der Waals surface area (Å²) in [5.41, 5.74) is 2.19. The van der Waals surface area contributed by atoms with Crippen LogP contribution in [0.3, 0.4) is 0 Å². The van der Waals surface area contributed by atoms with Gasteiger partial charge in [0.05, 0.1) is 25.5 Å². The van der Waals surface area contributed by atoms with Crippen LogP contribution < -0.4 is 15.4 Å². The fraction of sp³-hybridized carbons (Fsp3) is 0.333. The van der Waals surface area contributed by atoms with Crippen LogP contribution in [0.4, 0.5) is 20.7 Å². The van der Waals surface area contributed by atoms with Gasteiger partial charge in [-0.3, -0.25) is 10.4 Å². The highest BCUT2D eigenvalue weighted by Crippen LogP contribution is 2.26. The van der Waals surface area contributed by atoms with Gasteiger partial charge < -0.3 is 14.8 Å². The number of carbonyl (C=O) groups excluding carboxylic acids is 1. The molecular weight excluding hydrogens is 303 g/mol. The number of ether oxygens (including phenoxy) is 2. The van der Waals surface area contributed by atoms with Crippen LogP contribution in [-0.2, 0) is 17.8 Å². The normalized spacial score (nSPS) is 13.3. The number of nitrogens with zero attached hydrogens (tertiary/aromatic N) is 1. The number of aromatic nitrogens is 2. The second-order valence-electron chi connectivity index (χ2n) is 4.98. The quantitative estimate of drug-likeness (QED) is 0.808. The van der Waals surface area contributed by atoms with Gasteiger partial charge in [0.2, 0.25) is 0 Å². The summed E-state index contributed by atoms with van der Waals surface area (Å²) in [7, 11) is 0. The number of aromatic amines is 1. The largest absolute Gasteiger partial charge is 0.492 e. The second kappa shape index (κ2) is 6.66. The first-order valence-corrected chi connectivity index (χ1v) is 7.31. The molecule has 7 nitrogen and oxygen atoms in total. The molecule has 1 aromatic carbocycles. The molecule has 23 heavy (non-hydrogen) atoms. The van der Waals surface area contributed by atoms with Crippen molar-refractivity contribution in [2.75, 3.05) is 23.8 Å². The van der Waals surface area contributed by atoms with E-state index in [2.05, 4.69) is 20.8 Å². The number of hydrogen-bond donors (Lipinski definition) is 3. The van der Waals surface area contributed by atoms with Gasteiger partial charge in [-0.25, -0.2) is 9.18 Å². The van der Waals surface area contributed by atoms with Gasteiger partial charge >= 0.3 is 6.03 Å². The summed E-state index contributed by atoms with van der Waals surface area (Å²) in [6.07, 6.45) is 0.734. The Kier molecular flexibility index (Phi) is 4.42. The minimum Gasteiger partial charge on any atom is -0.492 e. The first kappa shape index (κ1) is 15.3. The van der Waals surface area contributed by atoms with Crippen molar-refractivity contribution in [3.63, 3.8) is 0 Å². The number of halogens is 1. The van der Waals surface area contributed by atoms with Crippen LogP contribution in [0.2, 0.25) is 0 Å². The van der Waals surface area contributed by atoms with E-state index < -0.39 is 11.8 Å². The monoisotopic (exact) mass is 320 g/mol. The van der Waals surface area contributed by atoms with E-state index in [4.69, 9.17) is 9.47 Å². The predicted molar refractivity (Wildman–Crippen MR) is 82.2 cm³/mol. The fourth-order valence-corrected chi connectivity index (χ4v) is 2.35. The summed E-state index contributed by atoms with van der Waals surface area (Å²) >= 11 is 0. The molecule has 8 heteroatoms. The molecule has 1 aliphatic rings. The second-order valence-corrected chi connectivity index (χ2v) is 4.98. The number of benzene rings is 1. The minimum absolute atomic E-state index is 0.273. The lowest BCUT2D eigenvalue weighted by atomic mass is 10.1. The molecule has 0 radical (unpaired) electrons. The number of anilines is 2. The highest BCUT2D eigenvalue weighted by molar-refractivity contribution is 6.00. The molecule has 0 bridgehead atoms. The van der Waals surface area contributed by atoms with Crippen molar-refractivity contribution in [3.05, 3.63) is 35.3 Å². The van der Waals surface area contributed by atoms with Crippen LogP contribution in [0.15, 0.2) is 18.2 Å². The van der Waals surface area contributed by atoms with Crippen molar-refractivity contribution >= 4 is 17.5 Å². The van der Waals surface area contributed by atoms with Crippen molar-refractivity contribution in [1.29, 1.82) is 0 Å². The molecule has 122 valence electrons. The zero-order chi connectivity index (χ0) is 16.2. The summed E-state index contributed by atoms with van der Waals surface area (Å²) in [5, 5.41) is 12.3. The van der Waals surface area contributed by atoms with Gasteiger partial charge in [0.15, 0.2) is 5.82 Å². The van der Waals surface area contributed by atoms with E-state index in [-0.39, 0.29) is 5.75 Å².